The Kier molecular flexibility index (Phi) is 2.07. The van der Waals surface area contributed by atoms with Crippen LogP contribution in [0.3, 0.4) is 0 Å². The molecule has 1 aliphatic heterocycles. The molecule has 2 fully saturated rings. The molecule has 0 saturated heterocycles. The van der Waals surface area contributed by atoms with E-state index in [2.05, 4.69) is 0 Å². The molecule has 1 aromatic rings. The number of carbonyl (C=O) groups excluding carboxylic acids is 1. The van der Waals surface area contributed by atoms with Gasteiger partial charge in [-0.3, -0.25) is 4.79 Å². The average molecular weight is 261 g/mol. The van der Waals surface area contributed by atoms with Gasteiger partial charge in [0, 0.05) is 25.5 Å². The van der Waals surface area contributed by atoms with E-state index in [9.17, 15) is 9.18 Å². The van der Waals surface area contributed by atoms with E-state index in [1.807, 2.05) is 4.90 Å². The van der Waals surface area contributed by atoms with Crippen LogP contribution >= 0.6 is 0 Å². The zero-order chi connectivity index (χ0) is 13.2. The molecule has 3 nitrogen and oxygen atoms in total. The molecule has 4 rings (SSSR count). The van der Waals surface area contributed by atoms with Crippen LogP contribution in [0.4, 0.5) is 10.1 Å². The minimum atomic E-state index is -0.677. The van der Waals surface area contributed by atoms with Crippen molar-refractivity contribution in [1.29, 1.82) is 0 Å². The van der Waals surface area contributed by atoms with Crippen molar-refractivity contribution in [3.05, 3.63) is 23.5 Å². The number of carbonyl (C=O) groups is 1. The molecule has 0 atom stereocenters. The van der Waals surface area contributed by atoms with Gasteiger partial charge in [-0.1, -0.05) is 0 Å². The fourth-order valence-corrected chi connectivity index (χ4v) is 2.72. The first-order valence-corrected chi connectivity index (χ1v) is 6.90. The summed E-state index contributed by atoms with van der Waals surface area (Å²) < 4.78 is 19.5. The van der Waals surface area contributed by atoms with Gasteiger partial charge in [0.05, 0.1) is 5.69 Å². The molecule has 19 heavy (non-hydrogen) atoms. The molecule has 1 amide bonds. The molecule has 0 bridgehead atoms. The first-order chi connectivity index (χ1) is 9.09. The summed E-state index contributed by atoms with van der Waals surface area (Å²) in [5, 5.41) is 0. The van der Waals surface area contributed by atoms with E-state index in [0.29, 0.717) is 17.2 Å². The SMILES string of the molecule is Cc1cc2c(cc1F)OC1(CC1)C(=O)N2CC1CC1. The van der Waals surface area contributed by atoms with Crippen molar-refractivity contribution in [2.45, 2.75) is 38.2 Å². The number of benzene rings is 1. The van der Waals surface area contributed by atoms with Crippen LogP contribution in [0.1, 0.15) is 31.2 Å². The first kappa shape index (κ1) is 11.3. The normalized spacial score (nSPS) is 23.3. The summed E-state index contributed by atoms with van der Waals surface area (Å²) in [5.74, 6) is 0.935. The fraction of sp³-hybridized carbons (Fsp3) is 0.533. The number of nitrogens with zero attached hydrogens (tertiary/aromatic N) is 1. The molecular formula is C15H16FNO2. The van der Waals surface area contributed by atoms with Gasteiger partial charge in [-0.15, -0.1) is 0 Å². The lowest BCUT2D eigenvalue weighted by Crippen LogP contribution is -2.48. The van der Waals surface area contributed by atoms with E-state index >= 15 is 0 Å². The van der Waals surface area contributed by atoms with E-state index in [0.717, 1.165) is 25.1 Å². The molecule has 2 saturated carbocycles. The van der Waals surface area contributed by atoms with Crippen LogP contribution in [0.5, 0.6) is 5.75 Å². The second-order valence-electron chi connectivity index (χ2n) is 6.02. The van der Waals surface area contributed by atoms with Crippen molar-refractivity contribution in [2.24, 2.45) is 5.92 Å². The second-order valence-corrected chi connectivity index (χ2v) is 6.02. The second kappa shape index (κ2) is 3.50. The Morgan fingerprint density at radius 3 is 2.79 bits per heavy atom. The Morgan fingerprint density at radius 2 is 2.16 bits per heavy atom. The number of amides is 1. The van der Waals surface area contributed by atoms with Crippen molar-refractivity contribution in [3.8, 4) is 5.75 Å². The molecule has 1 heterocycles. The van der Waals surface area contributed by atoms with Crippen molar-refractivity contribution in [2.75, 3.05) is 11.4 Å². The summed E-state index contributed by atoms with van der Waals surface area (Å²) in [4.78, 5) is 14.4. The van der Waals surface area contributed by atoms with Gasteiger partial charge in [-0.25, -0.2) is 4.39 Å². The molecule has 0 aromatic heterocycles. The summed E-state index contributed by atoms with van der Waals surface area (Å²) in [6.07, 6.45) is 3.88. The van der Waals surface area contributed by atoms with Gasteiger partial charge in [-0.2, -0.15) is 0 Å². The number of hydrogen-bond acceptors (Lipinski definition) is 2. The standard InChI is InChI=1S/C15H16FNO2/c1-9-6-12-13(7-11(9)16)19-15(4-5-15)14(18)17(12)8-10-2-3-10/h6-7,10H,2-5,8H2,1H3. The number of halogens is 1. The fourth-order valence-electron chi connectivity index (χ4n) is 2.72. The third kappa shape index (κ3) is 1.66. The largest absolute Gasteiger partial charge is 0.475 e. The quantitative estimate of drug-likeness (QED) is 0.819. The molecule has 0 unspecified atom stereocenters. The van der Waals surface area contributed by atoms with Crippen LogP contribution < -0.4 is 9.64 Å². The number of fused-ring (bicyclic) bond motifs is 1. The van der Waals surface area contributed by atoms with Crippen LogP contribution in [-0.4, -0.2) is 18.1 Å². The topological polar surface area (TPSA) is 29.5 Å². The molecule has 0 radical (unpaired) electrons. The predicted molar refractivity (Wildman–Crippen MR) is 68.8 cm³/mol. The molecular weight excluding hydrogens is 245 g/mol. The van der Waals surface area contributed by atoms with Gasteiger partial charge in [0.15, 0.2) is 5.60 Å². The molecule has 100 valence electrons. The highest BCUT2D eigenvalue weighted by Gasteiger charge is 2.58. The highest BCUT2D eigenvalue weighted by molar-refractivity contribution is 6.04. The van der Waals surface area contributed by atoms with Gasteiger partial charge < -0.3 is 9.64 Å². The van der Waals surface area contributed by atoms with E-state index in [4.69, 9.17) is 4.74 Å². The Labute approximate surface area is 111 Å². The number of rotatable bonds is 2. The van der Waals surface area contributed by atoms with E-state index < -0.39 is 5.60 Å². The maximum absolute atomic E-state index is 13.7. The summed E-state index contributed by atoms with van der Waals surface area (Å²) in [7, 11) is 0. The maximum Gasteiger partial charge on any atom is 0.271 e. The van der Waals surface area contributed by atoms with E-state index in [-0.39, 0.29) is 11.7 Å². The molecule has 3 aliphatic rings. The zero-order valence-corrected chi connectivity index (χ0v) is 10.9. The Morgan fingerprint density at radius 1 is 1.42 bits per heavy atom. The average Bonchev–Trinajstić information content (AvgIpc) is 3.25. The lowest BCUT2D eigenvalue weighted by atomic mass is 10.1. The summed E-state index contributed by atoms with van der Waals surface area (Å²) in [5.41, 5.74) is 0.625. The minimum absolute atomic E-state index is 0.0675. The lowest BCUT2D eigenvalue weighted by molar-refractivity contribution is -0.128. The summed E-state index contributed by atoms with van der Waals surface area (Å²) in [6, 6.07) is 3.16. The Balaban J connectivity index is 1.80. The predicted octanol–water partition coefficient (Wildman–Crippen LogP) is 2.80. The van der Waals surface area contributed by atoms with Crippen LogP contribution in [0.25, 0.3) is 0 Å². The highest BCUT2D eigenvalue weighted by Crippen LogP contribution is 2.50. The number of ether oxygens (including phenoxy) is 1. The van der Waals surface area contributed by atoms with Gasteiger partial charge >= 0.3 is 0 Å². The summed E-state index contributed by atoms with van der Waals surface area (Å²) in [6.45, 7) is 2.47. The van der Waals surface area contributed by atoms with E-state index in [1.165, 1.54) is 18.9 Å². The zero-order valence-electron chi connectivity index (χ0n) is 10.9. The van der Waals surface area contributed by atoms with Crippen molar-refractivity contribution in [3.63, 3.8) is 0 Å². The third-order valence-corrected chi connectivity index (χ3v) is 4.31. The van der Waals surface area contributed by atoms with Crippen LogP contribution in [0.2, 0.25) is 0 Å². The van der Waals surface area contributed by atoms with Crippen molar-refractivity contribution in [1.82, 2.24) is 0 Å². The monoisotopic (exact) mass is 261 g/mol. The molecule has 0 N–H and O–H groups in total. The van der Waals surface area contributed by atoms with Gasteiger partial charge in [0.2, 0.25) is 0 Å². The Bertz CT molecular complexity index is 576. The smallest absolute Gasteiger partial charge is 0.271 e. The minimum Gasteiger partial charge on any atom is -0.475 e. The van der Waals surface area contributed by atoms with Gasteiger partial charge in [-0.05, 0) is 37.3 Å². The van der Waals surface area contributed by atoms with Gasteiger partial charge in [0.1, 0.15) is 11.6 Å². The molecule has 2 aliphatic carbocycles. The lowest BCUT2D eigenvalue weighted by Gasteiger charge is -2.35. The number of hydrogen-bond donors (Lipinski definition) is 0. The number of aryl methyl sites for hydroxylation is 1. The first-order valence-electron chi connectivity index (χ1n) is 6.90. The third-order valence-electron chi connectivity index (χ3n) is 4.31. The molecule has 4 heteroatoms. The molecule has 1 aromatic carbocycles. The number of anilines is 1. The van der Waals surface area contributed by atoms with Gasteiger partial charge in [0.25, 0.3) is 5.91 Å². The summed E-state index contributed by atoms with van der Waals surface area (Å²) >= 11 is 0. The van der Waals surface area contributed by atoms with Crippen molar-refractivity contribution < 1.29 is 13.9 Å². The van der Waals surface area contributed by atoms with Crippen LogP contribution in [-0.2, 0) is 4.79 Å². The Hall–Kier alpha value is -1.58. The van der Waals surface area contributed by atoms with E-state index in [1.54, 1.807) is 13.0 Å². The van der Waals surface area contributed by atoms with Crippen LogP contribution in [0, 0.1) is 18.7 Å². The van der Waals surface area contributed by atoms with Crippen molar-refractivity contribution >= 4 is 11.6 Å². The molecule has 1 spiro atoms. The maximum atomic E-state index is 13.7. The van der Waals surface area contributed by atoms with Crippen LogP contribution in [0.15, 0.2) is 12.1 Å². The highest BCUT2D eigenvalue weighted by atomic mass is 19.1.